The third kappa shape index (κ3) is 16.5. The van der Waals surface area contributed by atoms with Gasteiger partial charge in [-0.25, -0.2) is 30.0 Å². The predicted molar refractivity (Wildman–Crippen MR) is 413 cm³/mol. The summed E-state index contributed by atoms with van der Waals surface area (Å²) in [5.41, 5.74) is 7.08. The smallest absolute Gasteiger partial charge is 0.359 e. The van der Waals surface area contributed by atoms with Crippen LogP contribution < -0.4 is 20.1 Å². The van der Waals surface area contributed by atoms with Crippen molar-refractivity contribution >= 4 is 65.0 Å². The number of esters is 1. The average molecular weight is 1610 g/mol. The zero-order valence-corrected chi connectivity index (χ0v) is 67.1. The second kappa shape index (κ2) is 32.6. The van der Waals surface area contributed by atoms with Gasteiger partial charge in [0.15, 0.2) is 46.6 Å². The highest BCUT2D eigenvalue weighted by atomic mass is 32.2. The Morgan fingerprint density at radius 3 is 1.19 bits per heavy atom. The molecule has 0 unspecified atom stereocenters. The fourth-order valence-electron chi connectivity index (χ4n) is 14.4. The number of aromatic amines is 1. The van der Waals surface area contributed by atoms with E-state index in [1.165, 1.54) is 55.8 Å². The monoisotopic (exact) mass is 1610 g/mol. The maximum absolute atomic E-state index is 14.0. The minimum Gasteiger partial charge on any atom is -0.497 e. The summed E-state index contributed by atoms with van der Waals surface area (Å²) in [6.07, 6.45) is 3.68. The number of rotatable bonds is 29. The zero-order chi connectivity index (χ0) is 82.0. The number of carbonyl (C=O) groups excluding carboxylic acids is 6. The Bertz CT molecular complexity index is 5240. The quantitative estimate of drug-likeness (QED) is 0.0327. The Morgan fingerprint density at radius 1 is 0.504 bits per heavy atom. The van der Waals surface area contributed by atoms with Crippen molar-refractivity contribution in [3.63, 3.8) is 0 Å². The first-order chi connectivity index (χ1) is 53.5. The molecule has 0 bridgehead atoms. The lowest BCUT2D eigenvalue weighted by Gasteiger charge is -2.34. The number of benzene rings is 4. The van der Waals surface area contributed by atoms with Crippen LogP contribution in [0.3, 0.4) is 0 Å². The zero-order valence-electron chi connectivity index (χ0n) is 64.7. The molecule has 3 aliphatic heterocycles. The molecule has 113 heavy (non-hydrogen) atoms. The van der Waals surface area contributed by atoms with Gasteiger partial charge in [-0.3, -0.25) is 38.4 Å². The normalized spacial score (nSPS) is 16.6. The molecule has 4 aromatic carbocycles. The van der Waals surface area contributed by atoms with Gasteiger partial charge < -0.3 is 54.9 Å². The Morgan fingerprint density at radius 2 is 0.841 bits per heavy atom. The highest BCUT2D eigenvalue weighted by Gasteiger charge is 2.63. The number of ether oxygens (including phenoxy) is 3. The highest BCUT2D eigenvalue weighted by Crippen LogP contribution is 2.52. The summed E-state index contributed by atoms with van der Waals surface area (Å²) in [7, 11) is -7.99. The first kappa shape index (κ1) is 83.6. The second-order valence-corrected chi connectivity index (χ2v) is 40.2. The molecular formula is C79H95N13O18S3. The second-order valence-electron chi connectivity index (χ2n) is 31.2. The van der Waals surface area contributed by atoms with E-state index in [1.807, 2.05) is 30.3 Å². The summed E-state index contributed by atoms with van der Waals surface area (Å²) >= 11 is 0. The lowest BCUT2D eigenvalue weighted by atomic mass is 10.0. The van der Waals surface area contributed by atoms with Gasteiger partial charge in [-0.1, -0.05) is 48.5 Å². The topological polar surface area (TPSA) is 439 Å². The average Bonchev–Trinajstić information content (AvgIpc) is 1.57. The number of hydrogen-bond donors (Lipinski definition) is 6. The van der Waals surface area contributed by atoms with Crippen LogP contribution in [0.15, 0.2) is 97.1 Å². The van der Waals surface area contributed by atoms with Crippen LogP contribution in [-0.4, -0.2) is 229 Å². The van der Waals surface area contributed by atoms with Crippen LogP contribution in [0, 0.1) is 22.7 Å². The molecular weight excluding hydrogens is 1520 g/mol. The van der Waals surface area contributed by atoms with Crippen molar-refractivity contribution in [1.29, 1.82) is 10.5 Å². The van der Waals surface area contributed by atoms with Gasteiger partial charge in [0.1, 0.15) is 28.6 Å². The van der Waals surface area contributed by atoms with Crippen LogP contribution in [0.4, 0.5) is 0 Å². The van der Waals surface area contributed by atoms with E-state index in [9.17, 15) is 69.3 Å². The van der Waals surface area contributed by atoms with Gasteiger partial charge in [-0.15, -0.1) is 0 Å². The van der Waals surface area contributed by atoms with Crippen molar-refractivity contribution in [2.24, 2.45) is 0 Å². The molecule has 0 spiro atoms. The highest BCUT2D eigenvalue weighted by molar-refractivity contribution is 7.95. The van der Waals surface area contributed by atoms with Gasteiger partial charge in [0, 0.05) is 69.0 Å². The van der Waals surface area contributed by atoms with E-state index in [4.69, 9.17) is 24.7 Å². The number of nitriles is 2. The number of carbonyl (C=O) groups is 6. The Labute approximate surface area is 656 Å². The molecule has 0 radical (unpaired) electrons. The largest absolute Gasteiger partial charge is 0.497 e. The summed E-state index contributed by atoms with van der Waals surface area (Å²) in [5.74, 6) is -1.20. The number of fused-ring (bicyclic) bond motifs is 3. The van der Waals surface area contributed by atoms with E-state index < -0.39 is 95.6 Å². The van der Waals surface area contributed by atoms with Gasteiger partial charge in [0.2, 0.25) is 0 Å². The number of aromatic nitrogens is 6. The molecule has 7 aromatic rings. The van der Waals surface area contributed by atoms with E-state index in [1.54, 1.807) is 104 Å². The van der Waals surface area contributed by atoms with Crippen LogP contribution in [0.5, 0.6) is 11.5 Å². The van der Waals surface area contributed by atoms with Gasteiger partial charge >= 0.3 is 5.97 Å². The molecule has 0 saturated heterocycles. The van der Waals surface area contributed by atoms with E-state index in [2.05, 4.69) is 37.1 Å². The van der Waals surface area contributed by atoms with Crippen molar-refractivity contribution in [3.8, 4) is 23.6 Å². The summed E-state index contributed by atoms with van der Waals surface area (Å²) in [6.45, 7) is 11.2. The van der Waals surface area contributed by atoms with Crippen molar-refractivity contribution in [3.05, 3.63) is 181 Å². The van der Waals surface area contributed by atoms with E-state index in [0.717, 1.165) is 22.3 Å². The maximum Gasteiger partial charge on any atom is 0.359 e. The number of amides is 5. The van der Waals surface area contributed by atoms with Gasteiger partial charge in [-0.05, 0) is 177 Å². The van der Waals surface area contributed by atoms with Crippen molar-refractivity contribution < 1.29 is 83.6 Å². The van der Waals surface area contributed by atoms with E-state index >= 15 is 0 Å². The minimum atomic E-state index is -3.75. The van der Waals surface area contributed by atoms with Crippen LogP contribution in [0.1, 0.15) is 200 Å². The third-order valence-electron chi connectivity index (χ3n) is 22.2. The number of aliphatic hydroxyl groups excluding tert-OH is 3. The number of nitrogens with zero attached hydrogens (tertiary/aromatic N) is 10. The van der Waals surface area contributed by atoms with Crippen LogP contribution in [0.2, 0.25) is 0 Å². The summed E-state index contributed by atoms with van der Waals surface area (Å²) in [4.78, 5) is 84.1. The summed E-state index contributed by atoms with van der Waals surface area (Å²) in [6, 6.07) is 32.4. The molecule has 5 amide bonds. The molecule has 34 heteroatoms. The SMILES string of the molecule is CC(C)(CO)S(=O)(=O)C1(CN2CCc3c(C(=O)NCc4ccc(C#N)cc4)n[nH]c3C2=O)CC1.CCOC(=O)c1nn(Cc2ccc(OC)cc2)c2c1CCN(CC1(S(=O)(=O)C(C)(C)CO)CC1)C2=O.COc1ccc(Cn2nc(C(=O)NCc3ccc(C#N)cc3)c3c2C(=O)N(CC2(S(=O)(=O)C(C)(C)CO)CC2)CC3)cc1. The number of methoxy groups -OCH3 is 2. The Hall–Kier alpha value is -10.4. The standard InChI is InChI=1S/C31H35N5O6S.C25H33N3O7S.C23H27N5O5S/c1-30(2,20-37)43(40,41)31(13-14-31)19-35-15-12-25-26(28(38)33-17-22-6-4-21(16-32)5-7-22)34-36(27(25)29(35)39)18-23-8-10-24(42-3)11-9-23;1-5-35-23(31)20-19-10-13-27(15-25(11-12-25)36(32,33)24(2,3)16-29)22(30)21(19)28(26-20)14-17-6-8-18(34-4)9-7-17;1-22(2,14-29)34(32,33)23(8-9-23)13-28-10-7-17-18(26-27-19(17)21(28)31)20(30)25-12-16-5-3-15(11-24)4-6-16/h4-11,37H,12-15,17-20H2,1-3H3,(H,33,38);6-9,29H,5,10-16H2,1-4H3;3-6,29H,7-10,12-14H2,1-2H3,(H,25,30)(H,26,27). The first-order valence-electron chi connectivity index (χ1n) is 37.2. The Kier molecular flexibility index (Phi) is 24.1. The fraction of sp³-hybridized carbons (Fsp3) is 0.481. The predicted octanol–water partition coefficient (Wildman–Crippen LogP) is 5.22. The summed E-state index contributed by atoms with van der Waals surface area (Å²) in [5, 5.41) is 68.4. The third-order valence-corrected chi connectivity index (χ3v) is 32.0. The van der Waals surface area contributed by atoms with Crippen molar-refractivity contribution in [1.82, 2.24) is 55.1 Å². The van der Waals surface area contributed by atoms with Crippen LogP contribution in [0.25, 0.3) is 0 Å². The van der Waals surface area contributed by atoms with E-state index in [-0.39, 0.29) is 124 Å². The molecule has 3 aromatic heterocycles. The first-order valence-corrected chi connectivity index (χ1v) is 41.6. The molecule has 6 heterocycles. The van der Waals surface area contributed by atoms with Gasteiger partial charge in [-0.2, -0.15) is 25.8 Å². The number of sulfone groups is 3. The van der Waals surface area contributed by atoms with E-state index in [0.29, 0.717) is 97.1 Å². The fourth-order valence-corrected chi connectivity index (χ4v) is 21.3. The molecule has 3 fully saturated rings. The molecule has 0 atom stereocenters. The van der Waals surface area contributed by atoms with Crippen molar-refractivity contribution in [2.75, 3.05) is 79.9 Å². The molecule has 602 valence electrons. The number of hydrogen-bond acceptors (Lipinski definition) is 23. The number of H-pyrrole nitrogens is 1. The lowest BCUT2D eigenvalue weighted by molar-refractivity contribution is 0.0516. The van der Waals surface area contributed by atoms with Crippen LogP contribution in [-0.2, 0) is 79.7 Å². The molecule has 3 saturated carbocycles. The maximum atomic E-state index is 14.0. The minimum absolute atomic E-state index is 0.0188. The molecule has 6 aliphatic rings. The lowest BCUT2D eigenvalue weighted by Crippen LogP contribution is -2.51. The number of aliphatic hydroxyl groups is 3. The summed E-state index contributed by atoms with van der Waals surface area (Å²) < 4.78 is 91.4. The molecule has 31 nitrogen and oxygen atoms in total. The van der Waals surface area contributed by atoms with Gasteiger partial charge in [0.25, 0.3) is 29.5 Å². The molecule has 13 rings (SSSR count). The van der Waals surface area contributed by atoms with Gasteiger partial charge in [0.05, 0.1) is 105 Å². The molecule has 6 N–H and O–H groups in total. The Balaban J connectivity index is 0.000000169. The number of nitrogens with one attached hydrogen (secondary N) is 3. The molecule has 3 aliphatic carbocycles. The van der Waals surface area contributed by atoms with Crippen LogP contribution >= 0.6 is 0 Å². The van der Waals surface area contributed by atoms with Crippen molar-refractivity contribution in [2.45, 2.75) is 161 Å².